The van der Waals surface area contributed by atoms with Crippen LogP contribution in [-0.4, -0.2) is 31.1 Å². The lowest BCUT2D eigenvalue weighted by Crippen LogP contribution is -2.18. The molecular formula is C15H12ClFN2O4. The molecule has 0 aliphatic carbocycles. The van der Waals surface area contributed by atoms with Crippen LogP contribution >= 0.6 is 11.6 Å². The highest BCUT2D eigenvalue weighted by atomic mass is 35.5. The molecule has 0 fully saturated rings. The van der Waals surface area contributed by atoms with Gasteiger partial charge in [-0.05, 0) is 18.2 Å². The van der Waals surface area contributed by atoms with Crippen molar-refractivity contribution in [3.63, 3.8) is 0 Å². The van der Waals surface area contributed by atoms with E-state index in [9.17, 15) is 14.0 Å². The molecule has 120 valence electrons. The molecule has 0 aliphatic heterocycles. The van der Waals surface area contributed by atoms with Crippen LogP contribution in [0.5, 0.6) is 5.75 Å². The fraction of sp³-hybridized carbons (Fsp3) is 0.133. The number of esters is 1. The highest BCUT2D eigenvalue weighted by Gasteiger charge is 2.21. The maximum Gasteiger partial charge on any atom is 0.341 e. The zero-order chi connectivity index (χ0) is 17.0. The second-order valence-corrected chi connectivity index (χ2v) is 4.70. The zero-order valence-electron chi connectivity index (χ0n) is 12.2. The van der Waals surface area contributed by atoms with Crippen molar-refractivity contribution < 1.29 is 23.5 Å². The Morgan fingerprint density at radius 2 is 2.04 bits per heavy atom. The maximum absolute atomic E-state index is 13.9. The third kappa shape index (κ3) is 3.57. The Morgan fingerprint density at radius 3 is 2.70 bits per heavy atom. The van der Waals surface area contributed by atoms with Gasteiger partial charge in [-0.1, -0.05) is 17.7 Å². The number of carbonyl (C=O) groups excluding carboxylic acids is 2. The number of rotatable bonds is 4. The number of amides is 1. The Hall–Kier alpha value is -2.67. The SMILES string of the molecule is COC(=O)c1cnc(Cl)cc1NC(=O)c1c(F)cccc1OC. The van der Waals surface area contributed by atoms with E-state index in [-0.39, 0.29) is 27.7 Å². The summed E-state index contributed by atoms with van der Waals surface area (Å²) in [6.45, 7) is 0. The highest BCUT2D eigenvalue weighted by molar-refractivity contribution is 6.30. The van der Waals surface area contributed by atoms with Crippen LogP contribution in [0, 0.1) is 5.82 Å². The largest absolute Gasteiger partial charge is 0.496 e. The lowest BCUT2D eigenvalue weighted by molar-refractivity contribution is 0.0601. The maximum atomic E-state index is 13.9. The topological polar surface area (TPSA) is 77.5 Å². The van der Waals surface area contributed by atoms with Crippen molar-refractivity contribution in [2.24, 2.45) is 0 Å². The first-order chi connectivity index (χ1) is 11.0. The number of ether oxygens (including phenoxy) is 2. The molecule has 0 saturated carbocycles. The molecule has 1 N–H and O–H groups in total. The van der Waals surface area contributed by atoms with Gasteiger partial charge in [0.05, 0.1) is 19.9 Å². The molecule has 0 bridgehead atoms. The van der Waals surface area contributed by atoms with E-state index >= 15 is 0 Å². The standard InChI is InChI=1S/C15H12ClFN2O4/c1-22-11-5-3-4-9(17)13(11)14(20)19-10-6-12(16)18-7-8(10)15(21)23-2/h3-7H,1-2H3,(H,18,19,20). The molecule has 1 amide bonds. The first kappa shape index (κ1) is 16.7. The van der Waals surface area contributed by atoms with Crippen LogP contribution < -0.4 is 10.1 Å². The van der Waals surface area contributed by atoms with E-state index in [2.05, 4.69) is 15.0 Å². The second-order valence-electron chi connectivity index (χ2n) is 4.32. The molecule has 2 rings (SSSR count). The van der Waals surface area contributed by atoms with Gasteiger partial charge in [-0.3, -0.25) is 4.79 Å². The molecule has 23 heavy (non-hydrogen) atoms. The smallest absolute Gasteiger partial charge is 0.341 e. The molecule has 8 heteroatoms. The third-order valence-corrected chi connectivity index (χ3v) is 3.15. The molecule has 0 radical (unpaired) electrons. The number of halogens is 2. The lowest BCUT2D eigenvalue weighted by Gasteiger charge is -2.12. The minimum absolute atomic E-state index is 0.0134. The summed E-state index contributed by atoms with van der Waals surface area (Å²) < 4.78 is 23.5. The predicted molar refractivity (Wildman–Crippen MR) is 81.5 cm³/mol. The summed E-state index contributed by atoms with van der Waals surface area (Å²) >= 11 is 5.77. The zero-order valence-corrected chi connectivity index (χ0v) is 13.0. The number of carbonyl (C=O) groups is 2. The van der Waals surface area contributed by atoms with Crippen LogP contribution in [0.25, 0.3) is 0 Å². The molecule has 1 aromatic carbocycles. The van der Waals surface area contributed by atoms with Crippen molar-refractivity contribution in [1.29, 1.82) is 0 Å². The highest BCUT2D eigenvalue weighted by Crippen LogP contribution is 2.25. The summed E-state index contributed by atoms with van der Waals surface area (Å²) in [5.41, 5.74) is -0.258. The first-order valence-corrected chi connectivity index (χ1v) is 6.73. The minimum atomic E-state index is -0.799. The van der Waals surface area contributed by atoms with E-state index in [4.69, 9.17) is 16.3 Å². The Kier molecular flexibility index (Phi) is 5.13. The van der Waals surface area contributed by atoms with Gasteiger partial charge in [-0.15, -0.1) is 0 Å². The number of hydrogen-bond donors (Lipinski definition) is 1. The number of methoxy groups -OCH3 is 2. The van der Waals surface area contributed by atoms with Gasteiger partial charge in [0.1, 0.15) is 27.8 Å². The van der Waals surface area contributed by atoms with Crippen LogP contribution in [0.3, 0.4) is 0 Å². The van der Waals surface area contributed by atoms with Gasteiger partial charge in [0.2, 0.25) is 0 Å². The first-order valence-electron chi connectivity index (χ1n) is 6.35. The van der Waals surface area contributed by atoms with Crippen LogP contribution in [-0.2, 0) is 4.74 Å². The average molecular weight is 339 g/mol. The third-order valence-electron chi connectivity index (χ3n) is 2.95. The van der Waals surface area contributed by atoms with Crippen LogP contribution in [0.4, 0.5) is 10.1 Å². The number of anilines is 1. The fourth-order valence-corrected chi connectivity index (χ4v) is 2.04. The van der Waals surface area contributed by atoms with Crippen molar-refractivity contribution in [1.82, 2.24) is 4.98 Å². The van der Waals surface area contributed by atoms with Crippen LogP contribution in [0.2, 0.25) is 5.15 Å². The van der Waals surface area contributed by atoms with E-state index in [1.807, 2.05) is 0 Å². The molecule has 0 atom stereocenters. The van der Waals surface area contributed by atoms with Gasteiger partial charge in [-0.2, -0.15) is 0 Å². The number of nitrogens with zero attached hydrogens (tertiary/aromatic N) is 1. The number of pyridine rings is 1. The second kappa shape index (κ2) is 7.06. The van der Waals surface area contributed by atoms with Gasteiger partial charge in [-0.25, -0.2) is 14.2 Å². The van der Waals surface area contributed by atoms with E-state index in [0.717, 1.165) is 12.3 Å². The molecule has 1 heterocycles. The quantitative estimate of drug-likeness (QED) is 0.685. The Balaban J connectivity index is 2.42. The molecule has 0 spiro atoms. The average Bonchev–Trinajstić information content (AvgIpc) is 2.53. The van der Waals surface area contributed by atoms with Gasteiger partial charge in [0.25, 0.3) is 5.91 Å². The summed E-state index contributed by atoms with van der Waals surface area (Å²) in [6, 6.07) is 5.24. The molecule has 6 nitrogen and oxygen atoms in total. The normalized spacial score (nSPS) is 10.1. The van der Waals surface area contributed by atoms with E-state index in [1.165, 1.54) is 32.4 Å². The predicted octanol–water partition coefficient (Wildman–Crippen LogP) is 2.92. The minimum Gasteiger partial charge on any atom is -0.496 e. The summed E-state index contributed by atoms with van der Waals surface area (Å²) in [4.78, 5) is 27.8. The number of aromatic nitrogens is 1. The molecule has 2 aromatic rings. The van der Waals surface area contributed by atoms with Crippen molar-refractivity contribution in [3.8, 4) is 5.75 Å². The Labute approximate surface area is 136 Å². The summed E-state index contributed by atoms with van der Waals surface area (Å²) in [6.07, 6.45) is 1.16. The molecule has 0 saturated heterocycles. The number of hydrogen-bond acceptors (Lipinski definition) is 5. The van der Waals surface area contributed by atoms with Crippen molar-refractivity contribution >= 4 is 29.2 Å². The van der Waals surface area contributed by atoms with Crippen LogP contribution in [0.1, 0.15) is 20.7 Å². The monoisotopic (exact) mass is 338 g/mol. The molecular weight excluding hydrogens is 327 g/mol. The summed E-state index contributed by atoms with van der Waals surface area (Å²) in [5.74, 6) is -2.22. The van der Waals surface area contributed by atoms with Gasteiger partial charge < -0.3 is 14.8 Å². The van der Waals surface area contributed by atoms with Gasteiger partial charge >= 0.3 is 5.97 Å². The fourth-order valence-electron chi connectivity index (χ4n) is 1.89. The van der Waals surface area contributed by atoms with Crippen molar-refractivity contribution in [2.45, 2.75) is 0 Å². The van der Waals surface area contributed by atoms with E-state index < -0.39 is 17.7 Å². The van der Waals surface area contributed by atoms with Gasteiger partial charge in [0.15, 0.2) is 0 Å². The van der Waals surface area contributed by atoms with Gasteiger partial charge in [0, 0.05) is 6.20 Å². The summed E-state index contributed by atoms with van der Waals surface area (Å²) in [7, 11) is 2.50. The van der Waals surface area contributed by atoms with E-state index in [1.54, 1.807) is 0 Å². The molecule has 0 unspecified atom stereocenters. The van der Waals surface area contributed by atoms with Crippen molar-refractivity contribution in [3.05, 3.63) is 52.6 Å². The van der Waals surface area contributed by atoms with Crippen molar-refractivity contribution in [2.75, 3.05) is 19.5 Å². The van der Waals surface area contributed by atoms with Crippen LogP contribution in [0.15, 0.2) is 30.5 Å². The lowest BCUT2D eigenvalue weighted by atomic mass is 10.1. The van der Waals surface area contributed by atoms with E-state index in [0.29, 0.717) is 0 Å². The summed E-state index contributed by atoms with van der Waals surface area (Å²) in [5, 5.41) is 2.46. The Morgan fingerprint density at radius 1 is 1.30 bits per heavy atom. The number of nitrogens with one attached hydrogen (secondary N) is 1. The molecule has 1 aromatic heterocycles. The number of benzene rings is 1. The Bertz CT molecular complexity index is 767. The molecule has 0 aliphatic rings.